The third-order valence-corrected chi connectivity index (χ3v) is 3.93. The van der Waals surface area contributed by atoms with E-state index in [1.165, 1.54) is 0 Å². The van der Waals surface area contributed by atoms with Crippen molar-refractivity contribution in [3.8, 4) is 0 Å². The molecule has 0 saturated carbocycles. The summed E-state index contributed by atoms with van der Waals surface area (Å²) >= 11 is 3.41. The molecule has 3 rings (SSSR count). The first kappa shape index (κ1) is 14.2. The van der Waals surface area contributed by atoms with Crippen molar-refractivity contribution in [2.75, 3.05) is 18.5 Å². The van der Waals surface area contributed by atoms with Gasteiger partial charge in [0.05, 0.1) is 17.8 Å². The van der Waals surface area contributed by atoms with Crippen LogP contribution in [-0.4, -0.2) is 40.5 Å². The van der Waals surface area contributed by atoms with E-state index in [0.717, 1.165) is 29.3 Å². The first-order valence-corrected chi connectivity index (χ1v) is 7.48. The molecule has 1 aliphatic rings. The molecule has 21 heavy (non-hydrogen) atoms. The van der Waals surface area contributed by atoms with E-state index in [9.17, 15) is 9.90 Å². The molecule has 0 bridgehead atoms. The van der Waals surface area contributed by atoms with E-state index in [1.54, 1.807) is 6.07 Å². The van der Waals surface area contributed by atoms with Crippen molar-refractivity contribution in [3.05, 3.63) is 28.4 Å². The zero-order valence-electron chi connectivity index (χ0n) is 11.2. The molecule has 2 aromatic rings. The van der Waals surface area contributed by atoms with Crippen LogP contribution in [0.15, 0.2) is 22.7 Å². The Morgan fingerprint density at radius 1 is 1.43 bits per heavy atom. The summed E-state index contributed by atoms with van der Waals surface area (Å²) in [6.07, 6.45) is 1.90. The third kappa shape index (κ3) is 2.98. The van der Waals surface area contributed by atoms with Gasteiger partial charge in [-0.15, -0.1) is 10.2 Å². The Hall–Kier alpha value is -1.73. The van der Waals surface area contributed by atoms with Crippen LogP contribution < -0.4 is 5.32 Å². The molecule has 110 valence electrons. The smallest absolute Gasteiger partial charge is 0.358 e. The molecule has 1 saturated heterocycles. The molecule has 0 amide bonds. The van der Waals surface area contributed by atoms with Gasteiger partial charge in [-0.1, -0.05) is 15.9 Å². The molecule has 2 heterocycles. The molecule has 1 aliphatic heterocycles. The zero-order valence-corrected chi connectivity index (χ0v) is 12.8. The second-order valence-electron chi connectivity index (χ2n) is 4.95. The number of anilines is 1. The Morgan fingerprint density at radius 3 is 3.00 bits per heavy atom. The minimum Gasteiger partial charge on any atom is -0.476 e. The van der Waals surface area contributed by atoms with Crippen molar-refractivity contribution in [1.29, 1.82) is 0 Å². The summed E-state index contributed by atoms with van der Waals surface area (Å²) in [6.45, 7) is 1.32. The van der Waals surface area contributed by atoms with Crippen molar-refractivity contribution >= 4 is 38.5 Å². The number of nitrogens with one attached hydrogen (secondary N) is 1. The highest BCUT2D eigenvalue weighted by Gasteiger charge is 2.21. The number of aromatic carboxylic acids is 1. The first-order valence-electron chi connectivity index (χ1n) is 6.68. The monoisotopic (exact) mass is 351 g/mol. The Balaban J connectivity index is 2.08. The van der Waals surface area contributed by atoms with Crippen LogP contribution in [0, 0.1) is 0 Å². The highest BCUT2D eigenvalue weighted by molar-refractivity contribution is 9.10. The van der Waals surface area contributed by atoms with Gasteiger partial charge in [-0.3, -0.25) is 0 Å². The van der Waals surface area contributed by atoms with Gasteiger partial charge in [-0.2, -0.15) is 0 Å². The Kier molecular flexibility index (Phi) is 4.03. The number of ether oxygens (including phenoxy) is 1. The van der Waals surface area contributed by atoms with Gasteiger partial charge >= 0.3 is 5.97 Å². The number of fused-ring (bicyclic) bond motifs is 1. The Bertz CT molecular complexity index is 686. The largest absolute Gasteiger partial charge is 0.476 e. The van der Waals surface area contributed by atoms with Crippen molar-refractivity contribution in [2.45, 2.75) is 18.9 Å². The molecule has 0 aliphatic carbocycles. The number of carboxylic acid groups (broad SMARTS) is 1. The molecular formula is C14H14BrN3O3. The zero-order chi connectivity index (χ0) is 14.8. The van der Waals surface area contributed by atoms with Crippen molar-refractivity contribution in [3.63, 3.8) is 0 Å². The van der Waals surface area contributed by atoms with Crippen LogP contribution in [-0.2, 0) is 4.74 Å². The van der Waals surface area contributed by atoms with Gasteiger partial charge in [0.2, 0.25) is 0 Å². The van der Waals surface area contributed by atoms with Gasteiger partial charge in [0.25, 0.3) is 0 Å². The van der Waals surface area contributed by atoms with Crippen LogP contribution in [0.4, 0.5) is 5.69 Å². The molecule has 0 unspecified atom stereocenters. The summed E-state index contributed by atoms with van der Waals surface area (Å²) in [5.41, 5.74) is 1.10. The Labute approximate surface area is 129 Å². The fourth-order valence-corrected chi connectivity index (χ4v) is 2.79. The van der Waals surface area contributed by atoms with Crippen molar-refractivity contribution in [1.82, 2.24) is 10.2 Å². The number of halogens is 1. The lowest BCUT2D eigenvalue weighted by atomic mass is 10.1. The normalized spacial score (nSPS) is 18.6. The van der Waals surface area contributed by atoms with Crippen molar-refractivity contribution in [2.24, 2.45) is 0 Å². The van der Waals surface area contributed by atoms with E-state index in [1.807, 2.05) is 12.1 Å². The summed E-state index contributed by atoms with van der Waals surface area (Å²) < 4.78 is 6.30. The highest BCUT2D eigenvalue weighted by Crippen LogP contribution is 2.29. The average molecular weight is 352 g/mol. The van der Waals surface area contributed by atoms with Gasteiger partial charge in [-0.25, -0.2) is 4.79 Å². The highest BCUT2D eigenvalue weighted by atomic mass is 79.9. The van der Waals surface area contributed by atoms with Gasteiger partial charge in [0.15, 0.2) is 5.69 Å². The maximum absolute atomic E-state index is 11.4. The number of hydrogen-bond donors (Lipinski definition) is 2. The van der Waals surface area contributed by atoms with E-state index in [-0.39, 0.29) is 11.7 Å². The summed E-state index contributed by atoms with van der Waals surface area (Å²) in [6, 6.07) is 5.59. The number of carboxylic acids is 1. The fraction of sp³-hybridized carbons (Fsp3) is 0.357. The summed E-state index contributed by atoms with van der Waals surface area (Å²) in [7, 11) is 0. The van der Waals surface area contributed by atoms with Gasteiger partial charge < -0.3 is 15.2 Å². The third-order valence-electron chi connectivity index (χ3n) is 3.43. The van der Waals surface area contributed by atoms with Crippen LogP contribution in [0.5, 0.6) is 0 Å². The molecule has 1 atom stereocenters. The van der Waals surface area contributed by atoms with Gasteiger partial charge in [0.1, 0.15) is 0 Å². The van der Waals surface area contributed by atoms with Crippen LogP contribution in [0.25, 0.3) is 10.9 Å². The lowest BCUT2D eigenvalue weighted by Gasteiger charge is -2.25. The molecule has 0 radical (unpaired) electrons. The van der Waals surface area contributed by atoms with Crippen LogP contribution in [0.1, 0.15) is 23.3 Å². The minimum atomic E-state index is -1.09. The van der Waals surface area contributed by atoms with Gasteiger partial charge in [0, 0.05) is 22.5 Å². The molecule has 7 heteroatoms. The SMILES string of the molecule is O=C(O)c1nnc2ccc(Br)cc2c1N[C@H]1CCCOC1. The standard InChI is InChI=1S/C14H14BrN3O3/c15-8-3-4-11-10(6-8)12(13(14(19)20)18-17-11)16-9-2-1-5-21-7-9/h3-4,6,9H,1-2,5,7H2,(H,16,17)(H,19,20)/t9-/m0/s1. The molecule has 1 aromatic carbocycles. The summed E-state index contributed by atoms with van der Waals surface area (Å²) in [5.74, 6) is -1.09. The number of nitrogens with zero attached hydrogens (tertiary/aromatic N) is 2. The van der Waals surface area contributed by atoms with E-state index in [0.29, 0.717) is 17.8 Å². The lowest BCUT2D eigenvalue weighted by molar-refractivity contribution is 0.0689. The van der Waals surface area contributed by atoms with E-state index < -0.39 is 5.97 Å². The van der Waals surface area contributed by atoms with Crippen LogP contribution >= 0.6 is 15.9 Å². The first-order chi connectivity index (χ1) is 10.1. The van der Waals surface area contributed by atoms with Crippen molar-refractivity contribution < 1.29 is 14.6 Å². The maximum Gasteiger partial charge on any atom is 0.358 e. The van der Waals surface area contributed by atoms with Crippen LogP contribution in [0.3, 0.4) is 0 Å². The molecule has 1 aromatic heterocycles. The number of benzene rings is 1. The summed E-state index contributed by atoms with van der Waals surface area (Å²) in [4.78, 5) is 11.4. The number of aromatic nitrogens is 2. The van der Waals surface area contributed by atoms with E-state index >= 15 is 0 Å². The molecule has 0 spiro atoms. The predicted molar refractivity (Wildman–Crippen MR) is 81.7 cm³/mol. The number of carbonyl (C=O) groups is 1. The molecule has 2 N–H and O–H groups in total. The lowest BCUT2D eigenvalue weighted by Crippen LogP contribution is -2.31. The number of rotatable bonds is 3. The summed E-state index contributed by atoms with van der Waals surface area (Å²) in [5, 5.41) is 21.2. The van der Waals surface area contributed by atoms with E-state index in [4.69, 9.17) is 4.74 Å². The second kappa shape index (κ2) is 5.95. The second-order valence-corrected chi connectivity index (χ2v) is 5.86. The molecular weight excluding hydrogens is 338 g/mol. The molecule has 6 nitrogen and oxygen atoms in total. The average Bonchev–Trinajstić information content (AvgIpc) is 2.48. The Morgan fingerprint density at radius 2 is 2.29 bits per heavy atom. The minimum absolute atomic E-state index is 0.0637. The topological polar surface area (TPSA) is 84.3 Å². The maximum atomic E-state index is 11.4. The van der Waals surface area contributed by atoms with E-state index in [2.05, 4.69) is 31.4 Å². The van der Waals surface area contributed by atoms with Gasteiger partial charge in [-0.05, 0) is 31.0 Å². The number of hydrogen-bond acceptors (Lipinski definition) is 5. The van der Waals surface area contributed by atoms with Crippen LogP contribution in [0.2, 0.25) is 0 Å². The predicted octanol–water partition coefficient (Wildman–Crippen LogP) is 2.68. The quantitative estimate of drug-likeness (QED) is 0.884. The molecule has 1 fully saturated rings. The fourth-order valence-electron chi connectivity index (χ4n) is 2.43.